The van der Waals surface area contributed by atoms with E-state index in [1.54, 1.807) is 37.7 Å². The lowest BCUT2D eigenvalue weighted by atomic mass is 10.0. The van der Waals surface area contributed by atoms with E-state index in [4.69, 9.17) is 20.9 Å². The second-order valence-electron chi connectivity index (χ2n) is 5.27. The predicted octanol–water partition coefficient (Wildman–Crippen LogP) is 3.00. The molecule has 0 spiro atoms. The van der Waals surface area contributed by atoms with Crippen LogP contribution < -0.4 is 20.9 Å². The molecule has 3 rings (SSSR count). The number of fused-ring (bicyclic) bond motifs is 1. The molecule has 2 aromatic carbocycles. The van der Waals surface area contributed by atoms with Crippen molar-refractivity contribution in [3.05, 3.63) is 47.3 Å². The number of nitrogens with zero attached hydrogens (tertiary/aromatic N) is 1. The summed E-state index contributed by atoms with van der Waals surface area (Å²) in [6.45, 7) is 0. The zero-order chi connectivity index (χ0) is 18.0. The Balaban J connectivity index is 2.14. The third-order valence-electron chi connectivity index (χ3n) is 3.75. The van der Waals surface area contributed by atoms with Gasteiger partial charge in [0.15, 0.2) is 5.96 Å². The highest BCUT2D eigenvalue weighted by atomic mass is 32.1. The summed E-state index contributed by atoms with van der Waals surface area (Å²) in [5, 5.41) is 2.97. The molecule has 0 aliphatic rings. The molecule has 1 aromatic heterocycles. The normalized spacial score (nSPS) is 10.5. The largest absolute Gasteiger partial charge is 0.497 e. The standard InChI is InChI=1S/C18H17N3O3S/c1-23-11-4-5-12(15(8-11)24-2)14-9-25-16-6-3-10(7-13(14)16)17(22)21-18(19)20/h3-9H,1-2H3,(H4,19,20,21,22). The average Bonchev–Trinajstić information content (AvgIpc) is 3.03. The lowest BCUT2D eigenvalue weighted by molar-refractivity contribution is 0.100. The first kappa shape index (κ1) is 16.8. The van der Waals surface area contributed by atoms with Gasteiger partial charge in [-0.05, 0) is 35.7 Å². The smallest absolute Gasteiger partial charge is 0.280 e. The average molecular weight is 355 g/mol. The Morgan fingerprint density at radius 2 is 1.84 bits per heavy atom. The zero-order valence-corrected chi connectivity index (χ0v) is 14.6. The summed E-state index contributed by atoms with van der Waals surface area (Å²) >= 11 is 1.59. The molecule has 4 N–H and O–H groups in total. The van der Waals surface area contributed by atoms with Crippen LogP contribution in [0.15, 0.2) is 46.8 Å². The first-order valence-electron chi connectivity index (χ1n) is 7.41. The molecule has 0 bridgehead atoms. The Morgan fingerprint density at radius 1 is 1.04 bits per heavy atom. The van der Waals surface area contributed by atoms with Crippen molar-refractivity contribution in [3.8, 4) is 22.6 Å². The lowest BCUT2D eigenvalue weighted by Crippen LogP contribution is -2.24. The number of ether oxygens (including phenoxy) is 2. The van der Waals surface area contributed by atoms with Crippen LogP contribution >= 0.6 is 11.3 Å². The van der Waals surface area contributed by atoms with Gasteiger partial charge < -0.3 is 20.9 Å². The van der Waals surface area contributed by atoms with Gasteiger partial charge in [0.2, 0.25) is 0 Å². The number of thiophene rings is 1. The minimum atomic E-state index is -0.472. The highest BCUT2D eigenvalue weighted by Crippen LogP contribution is 2.40. The Hall–Kier alpha value is -3.06. The molecule has 25 heavy (non-hydrogen) atoms. The van der Waals surface area contributed by atoms with E-state index in [1.165, 1.54) is 0 Å². The highest BCUT2D eigenvalue weighted by Gasteiger charge is 2.14. The van der Waals surface area contributed by atoms with E-state index in [1.807, 2.05) is 29.6 Å². The number of aliphatic imine (C=N–C) groups is 1. The van der Waals surface area contributed by atoms with Crippen molar-refractivity contribution in [2.75, 3.05) is 14.2 Å². The minimum Gasteiger partial charge on any atom is -0.497 e. The highest BCUT2D eigenvalue weighted by molar-refractivity contribution is 7.17. The molecule has 0 unspecified atom stereocenters. The predicted molar refractivity (Wildman–Crippen MR) is 101 cm³/mol. The quantitative estimate of drug-likeness (QED) is 0.553. The molecule has 0 saturated heterocycles. The number of hydrogen-bond donors (Lipinski definition) is 2. The van der Waals surface area contributed by atoms with E-state index in [0.29, 0.717) is 17.1 Å². The number of carbonyl (C=O) groups excluding carboxylic acids is 1. The Kier molecular flexibility index (Phi) is 4.58. The third-order valence-corrected chi connectivity index (χ3v) is 4.71. The summed E-state index contributed by atoms with van der Waals surface area (Å²) in [4.78, 5) is 15.7. The fraction of sp³-hybridized carbons (Fsp3) is 0.111. The Bertz CT molecular complexity index is 975. The van der Waals surface area contributed by atoms with Gasteiger partial charge in [-0.15, -0.1) is 11.3 Å². The second-order valence-corrected chi connectivity index (χ2v) is 6.18. The van der Waals surface area contributed by atoms with Crippen LogP contribution in [0.3, 0.4) is 0 Å². The first-order valence-corrected chi connectivity index (χ1v) is 8.29. The number of carbonyl (C=O) groups is 1. The van der Waals surface area contributed by atoms with Crippen LogP contribution in [0.4, 0.5) is 0 Å². The number of hydrogen-bond acceptors (Lipinski definition) is 4. The lowest BCUT2D eigenvalue weighted by Gasteiger charge is -2.10. The molecule has 7 heteroatoms. The number of benzene rings is 2. The summed E-state index contributed by atoms with van der Waals surface area (Å²) in [5.41, 5.74) is 12.9. The van der Waals surface area contributed by atoms with E-state index in [0.717, 1.165) is 21.2 Å². The van der Waals surface area contributed by atoms with Gasteiger partial charge in [0, 0.05) is 32.8 Å². The van der Waals surface area contributed by atoms with Gasteiger partial charge in [0.05, 0.1) is 14.2 Å². The van der Waals surface area contributed by atoms with Gasteiger partial charge in [-0.2, -0.15) is 4.99 Å². The van der Waals surface area contributed by atoms with Crippen molar-refractivity contribution in [3.63, 3.8) is 0 Å². The number of nitrogens with two attached hydrogens (primary N) is 2. The van der Waals surface area contributed by atoms with Crippen molar-refractivity contribution < 1.29 is 14.3 Å². The van der Waals surface area contributed by atoms with Crippen LogP contribution in [0.1, 0.15) is 10.4 Å². The van der Waals surface area contributed by atoms with Gasteiger partial charge in [-0.1, -0.05) is 0 Å². The first-order chi connectivity index (χ1) is 12.0. The van der Waals surface area contributed by atoms with Crippen LogP contribution in [0, 0.1) is 0 Å². The van der Waals surface area contributed by atoms with E-state index in [2.05, 4.69) is 4.99 Å². The summed E-state index contributed by atoms with van der Waals surface area (Å²) in [6.07, 6.45) is 0. The van der Waals surface area contributed by atoms with Crippen LogP contribution in [-0.4, -0.2) is 26.1 Å². The summed E-state index contributed by atoms with van der Waals surface area (Å²) in [6, 6.07) is 11.0. The molecular formula is C18H17N3O3S. The summed E-state index contributed by atoms with van der Waals surface area (Å²) < 4.78 is 11.8. The summed E-state index contributed by atoms with van der Waals surface area (Å²) in [5.74, 6) is 0.678. The third kappa shape index (κ3) is 3.27. The fourth-order valence-corrected chi connectivity index (χ4v) is 3.51. The van der Waals surface area contributed by atoms with E-state index in [9.17, 15) is 4.79 Å². The topological polar surface area (TPSA) is 99.9 Å². The van der Waals surface area contributed by atoms with Gasteiger partial charge in [0.25, 0.3) is 5.91 Å². The summed E-state index contributed by atoms with van der Waals surface area (Å²) in [7, 11) is 3.22. The van der Waals surface area contributed by atoms with Crippen LogP contribution in [0.25, 0.3) is 21.2 Å². The Morgan fingerprint density at radius 3 is 2.52 bits per heavy atom. The van der Waals surface area contributed by atoms with E-state index in [-0.39, 0.29) is 5.96 Å². The number of guanidine groups is 1. The zero-order valence-electron chi connectivity index (χ0n) is 13.8. The molecule has 0 radical (unpaired) electrons. The molecular weight excluding hydrogens is 338 g/mol. The molecule has 0 aliphatic heterocycles. The van der Waals surface area contributed by atoms with E-state index < -0.39 is 5.91 Å². The molecule has 3 aromatic rings. The molecule has 128 valence electrons. The molecule has 0 saturated carbocycles. The van der Waals surface area contributed by atoms with Crippen molar-refractivity contribution in [2.45, 2.75) is 0 Å². The van der Waals surface area contributed by atoms with Crippen molar-refractivity contribution in [2.24, 2.45) is 16.5 Å². The van der Waals surface area contributed by atoms with Crippen LogP contribution in [0.2, 0.25) is 0 Å². The van der Waals surface area contributed by atoms with Crippen LogP contribution in [0.5, 0.6) is 11.5 Å². The van der Waals surface area contributed by atoms with Crippen molar-refractivity contribution in [1.29, 1.82) is 0 Å². The number of rotatable bonds is 4. The van der Waals surface area contributed by atoms with Gasteiger partial charge >= 0.3 is 0 Å². The number of methoxy groups -OCH3 is 2. The van der Waals surface area contributed by atoms with Crippen molar-refractivity contribution in [1.82, 2.24) is 0 Å². The van der Waals surface area contributed by atoms with Gasteiger partial charge in [0.1, 0.15) is 11.5 Å². The second kappa shape index (κ2) is 6.82. The molecule has 1 amide bonds. The minimum absolute atomic E-state index is 0.257. The van der Waals surface area contributed by atoms with Crippen molar-refractivity contribution >= 4 is 33.3 Å². The molecule has 0 atom stereocenters. The SMILES string of the molecule is COc1ccc(-c2csc3ccc(C(=O)N=C(N)N)cc23)c(OC)c1. The monoisotopic (exact) mass is 355 g/mol. The molecule has 6 nitrogen and oxygen atoms in total. The fourth-order valence-electron chi connectivity index (χ4n) is 2.57. The molecule has 0 aliphatic carbocycles. The Labute approximate surface area is 148 Å². The van der Waals surface area contributed by atoms with Gasteiger partial charge in [-0.3, -0.25) is 4.79 Å². The van der Waals surface area contributed by atoms with Crippen LogP contribution in [-0.2, 0) is 0 Å². The van der Waals surface area contributed by atoms with Gasteiger partial charge in [-0.25, -0.2) is 0 Å². The van der Waals surface area contributed by atoms with E-state index >= 15 is 0 Å². The molecule has 1 heterocycles. The maximum atomic E-state index is 12.1. The number of amides is 1. The molecule has 0 fully saturated rings. The maximum absolute atomic E-state index is 12.1. The maximum Gasteiger partial charge on any atom is 0.280 e.